The maximum Gasteiger partial charge on any atom is 0.0715 e. The number of likely N-dealkylation sites (tertiary alicyclic amines) is 1. The molecule has 0 aromatic heterocycles. The van der Waals surface area contributed by atoms with Crippen LogP contribution in [-0.4, -0.2) is 34.7 Å². The molecule has 0 aromatic rings. The Bertz CT molecular complexity index is 139. The van der Waals surface area contributed by atoms with E-state index in [4.69, 9.17) is 0 Å². The average molecular weight is 171 g/mol. The lowest BCUT2D eigenvalue weighted by Gasteiger charge is -2.39. The Morgan fingerprint density at radius 3 is 2.25 bits per heavy atom. The summed E-state index contributed by atoms with van der Waals surface area (Å²) in [5.41, 5.74) is -0.0226. The predicted molar refractivity (Wildman–Crippen MR) is 51.2 cm³/mol. The maximum absolute atomic E-state index is 9.80. The number of hydrogen-bond acceptors (Lipinski definition) is 2. The number of aliphatic hydroxyl groups is 1. The molecular weight excluding hydrogens is 150 g/mol. The van der Waals surface area contributed by atoms with Crippen molar-refractivity contribution in [1.29, 1.82) is 0 Å². The molecule has 0 aliphatic carbocycles. The van der Waals surface area contributed by atoms with Crippen LogP contribution in [-0.2, 0) is 0 Å². The van der Waals surface area contributed by atoms with Gasteiger partial charge in [0.15, 0.2) is 0 Å². The van der Waals surface area contributed by atoms with E-state index in [1.54, 1.807) is 0 Å². The Morgan fingerprint density at radius 2 is 1.83 bits per heavy atom. The molecule has 1 aliphatic heterocycles. The highest BCUT2D eigenvalue weighted by atomic mass is 16.3. The molecule has 0 amide bonds. The molecule has 2 nitrogen and oxygen atoms in total. The van der Waals surface area contributed by atoms with E-state index in [1.807, 2.05) is 6.92 Å². The van der Waals surface area contributed by atoms with E-state index in [1.165, 1.54) is 12.8 Å². The third-order valence-electron chi connectivity index (χ3n) is 3.12. The highest BCUT2D eigenvalue weighted by molar-refractivity contribution is 4.90. The van der Waals surface area contributed by atoms with Crippen molar-refractivity contribution < 1.29 is 5.11 Å². The summed E-state index contributed by atoms with van der Waals surface area (Å²) in [6.07, 6.45) is 3.25. The van der Waals surface area contributed by atoms with Gasteiger partial charge in [-0.3, -0.25) is 4.90 Å². The van der Waals surface area contributed by atoms with Crippen LogP contribution < -0.4 is 0 Å². The molecule has 1 fully saturated rings. The highest BCUT2D eigenvalue weighted by Crippen LogP contribution is 2.25. The van der Waals surface area contributed by atoms with Crippen LogP contribution in [0.4, 0.5) is 0 Å². The molecular formula is C10H21NO. The Hall–Kier alpha value is -0.0800. The first-order chi connectivity index (χ1) is 5.59. The van der Waals surface area contributed by atoms with E-state index >= 15 is 0 Å². The minimum Gasteiger partial charge on any atom is -0.391 e. The van der Waals surface area contributed by atoms with Gasteiger partial charge in [-0.25, -0.2) is 0 Å². The number of hydrogen-bond donors (Lipinski definition) is 1. The Balaban J connectivity index is 2.56. The van der Waals surface area contributed by atoms with E-state index in [9.17, 15) is 5.11 Å². The second-order valence-electron chi connectivity index (χ2n) is 4.27. The third-order valence-corrected chi connectivity index (χ3v) is 3.12. The molecule has 0 aromatic carbocycles. The van der Waals surface area contributed by atoms with E-state index in [2.05, 4.69) is 18.7 Å². The van der Waals surface area contributed by atoms with E-state index in [-0.39, 0.29) is 11.6 Å². The van der Waals surface area contributed by atoms with Crippen molar-refractivity contribution >= 4 is 0 Å². The fraction of sp³-hybridized carbons (Fsp3) is 1.00. The van der Waals surface area contributed by atoms with Crippen molar-refractivity contribution in [1.82, 2.24) is 4.90 Å². The van der Waals surface area contributed by atoms with Gasteiger partial charge in [0.2, 0.25) is 0 Å². The summed E-state index contributed by atoms with van der Waals surface area (Å²) >= 11 is 0. The lowest BCUT2D eigenvalue weighted by atomic mass is 9.93. The van der Waals surface area contributed by atoms with Crippen LogP contribution in [0.5, 0.6) is 0 Å². The molecule has 0 bridgehead atoms. The van der Waals surface area contributed by atoms with Gasteiger partial charge >= 0.3 is 0 Å². The summed E-state index contributed by atoms with van der Waals surface area (Å²) in [5, 5.41) is 9.80. The lowest BCUT2D eigenvalue weighted by molar-refractivity contribution is 0.000988. The van der Waals surface area contributed by atoms with Crippen molar-refractivity contribution in [2.75, 3.05) is 13.1 Å². The van der Waals surface area contributed by atoms with Gasteiger partial charge in [-0.05, 0) is 46.2 Å². The Labute approximate surface area is 75.6 Å². The standard InChI is InChI=1S/C10H21NO/c1-4-9(12)10(2,3)11-7-5-6-8-11/h9,12H,4-8H2,1-3H3. The molecule has 1 heterocycles. The number of nitrogens with zero attached hydrogens (tertiary/aromatic N) is 1. The monoisotopic (exact) mass is 171 g/mol. The SMILES string of the molecule is CCC(O)C(C)(C)N1CCCC1. The fourth-order valence-corrected chi connectivity index (χ4v) is 2.00. The summed E-state index contributed by atoms with van der Waals surface area (Å²) in [6, 6.07) is 0. The van der Waals surface area contributed by atoms with Crippen molar-refractivity contribution in [3.8, 4) is 0 Å². The Morgan fingerprint density at radius 1 is 1.33 bits per heavy atom. The molecule has 2 heteroatoms. The summed E-state index contributed by atoms with van der Waals surface area (Å²) in [4.78, 5) is 2.40. The summed E-state index contributed by atoms with van der Waals surface area (Å²) in [6.45, 7) is 8.65. The van der Waals surface area contributed by atoms with E-state index < -0.39 is 0 Å². The van der Waals surface area contributed by atoms with E-state index in [0.29, 0.717) is 0 Å². The van der Waals surface area contributed by atoms with Crippen LogP contribution in [0.3, 0.4) is 0 Å². The normalized spacial score (nSPS) is 23.0. The Kier molecular flexibility index (Phi) is 3.13. The number of aliphatic hydroxyl groups excluding tert-OH is 1. The van der Waals surface area contributed by atoms with E-state index in [0.717, 1.165) is 19.5 Å². The van der Waals surface area contributed by atoms with Crippen molar-refractivity contribution in [2.24, 2.45) is 0 Å². The van der Waals surface area contributed by atoms with Gasteiger partial charge in [0, 0.05) is 5.54 Å². The molecule has 1 rings (SSSR count). The van der Waals surface area contributed by atoms with Gasteiger partial charge in [-0.2, -0.15) is 0 Å². The molecule has 1 N–H and O–H groups in total. The topological polar surface area (TPSA) is 23.5 Å². The van der Waals surface area contributed by atoms with Crippen LogP contribution in [0, 0.1) is 0 Å². The molecule has 0 spiro atoms. The number of rotatable bonds is 3. The first kappa shape index (κ1) is 10.0. The first-order valence-corrected chi connectivity index (χ1v) is 5.02. The summed E-state index contributed by atoms with van der Waals surface area (Å²) in [7, 11) is 0. The quantitative estimate of drug-likeness (QED) is 0.697. The largest absolute Gasteiger partial charge is 0.391 e. The first-order valence-electron chi connectivity index (χ1n) is 5.02. The van der Waals surface area contributed by atoms with Gasteiger partial charge in [0.25, 0.3) is 0 Å². The molecule has 0 radical (unpaired) electrons. The van der Waals surface area contributed by atoms with Crippen LogP contribution in [0.15, 0.2) is 0 Å². The average Bonchev–Trinajstić information content (AvgIpc) is 2.55. The minimum atomic E-state index is -0.185. The van der Waals surface area contributed by atoms with Gasteiger partial charge in [-0.15, -0.1) is 0 Å². The van der Waals surface area contributed by atoms with Gasteiger partial charge in [-0.1, -0.05) is 6.92 Å². The second kappa shape index (κ2) is 3.75. The molecule has 0 saturated carbocycles. The smallest absolute Gasteiger partial charge is 0.0715 e. The lowest BCUT2D eigenvalue weighted by Crippen LogP contribution is -2.50. The summed E-state index contributed by atoms with van der Waals surface area (Å²) < 4.78 is 0. The van der Waals surface area contributed by atoms with Crippen molar-refractivity contribution in [3.05, 3.63) is 0 Å². The van der Waals surface area contributed by atoms with Gasteiger partial charge in [0.1, 0.15) is 0 Å². The van der Waals surface area contributed by atoms with Gasteiger partial charge in [0.05, 0.1) is 6.10 Å². The van der Waals surface area contributed by atoms with Crippen molar-refractivity contribution in [3.63, 3.8) is 0 Å². The van der Waals surface area contributed by atoms with Crippen LogP contribution in [0.1, 0.15) is 40.0 Å². The molecule has 12 heavy (non-hydrogen) atoms. The zero-order chi connectivity index (χ0) is 9.19. The van der Waals surface area contributed by atoms with Gasteiger partial charge < -0.3 is 5.11 Å². The zero-order valence-corrected chi connectivity index (χ0v) is 8.51. The molecule has 1 atom stereocenters. The third kappa shape index (κ3) is 1.80. The van der Waals surface area contributed by atoms with Crippen LogP contribution in [0.2, 0.25) is 0 Å². The zero-order valence-electron chi connectivity index (χ0n) is 8.51. The second-order valence-corrected chi connectivity index (χ2v) is 4.27. The molecule has 1 aliphatic rings. The molecule has 72 valence electrons. The highest BCUT2D eigenvalue weighted by Gasteiger charge is 2.34. The van der Waals surface area contributed by atoms with Crippen LogP contribution >= 0.6 is 0 Å². The summed E-state index contributed by atoms with van der Waals surface area (Å²) in [5.74, 6) is 0. The maximum atomic E-state index is 9.80. The van der Waals surface area contributed by atoms with Crippen molar-refractivity contribution in [2.45, 2.75) is 51.7 Å². The minimum absolute atomic E-state index is 0.0226. The molecule has 1 saturated heterocycles. The fourth-order valence-electron chi connectivity index (χ4n) is 2.00. The van der Waals surface area contributed by atoms with Crippen LogP contribution in [0.25, 0.3) is 0 Å². The molecule has 1 unspecified atom stereocenters. The predicted octanol–water partition coefficient (Wildman–Crippen LogP) is 1.63.